The van der Waals surface area contributed by atoms with Crippen LogP contribution in [-0.2, 0) is 4.74 Å². The number of amides is 1. The van der Waals surface area contributed by atoms with Crippen molar-refractivity contribution < 1.29 is 9.53 Å². The van der Waals surface area contributed by atoms with Gasteiger partial charge in [0.05, 0.1) is 6.54 Å². The molecule has 4 heteroatoms. The number of nitrogens with zero attached hydrogens (tertiary/aromatic N) is 1. The van der Waals surface area contributed by atoms with Crippen LogP contribution >= 0.6 is 7.26 Å². The predicted octanol–water partition coefficient (Wildman–Crippen LogP) is 6.03. The summed E-state index contributed by atoms with van der Waals surface area (Å²) in [4.78, 5) is 14.3. The van der Waals surface area contributed by atoms with E-state index in [0.717, 1.165) is 11.0 Å². The van der Waals surface area contributed by atoms with Gasteiger partial charge in [-0.2, -0.15) is 0 Å². The molecule has 4 aromatic carbocycles. The molecule has 34 heavy (non-hydrogen) atoms. The van der Waals surface area contributed by atoms with Crippen molar-refractivity contribution in [3.8, 4) is 0 Å². The van der Waals surface area contributed by atoms with Gasteiger partial charge in [0.25, 0.3) is 0 Å². The Hall–Kier alpha value is -3.94. The summed E-state index contributed by atoms with van der Waals surface area (Å²) in [5.41, 5.74) is 0.816. The lowest BCUT2D eigenvalue weighted by molar-refractivity contribution is 0.199. The summed E-state index contributed by atoms with van der Waals surface area (Å²) in [6.07, 6.45) is 1.61. The Kier molecular flexibility index (Phi) is 6.12. The van der Waals surface area contributed by atoms with E-state index < -0.39 is 7.26 Å². The highest BCUT2D eigenvalue weighted by Crippen LogP contribution is 2.62. The second kappa shape index (κ2) is 9.51. The molecule has 1 saturated heterocycles. The summed E-state index contributed by atoms with van der Waals surface area (Å²) in [6, 6.07) is 41.2. The van der Waals surface area contributed by atoms with Crippen molar-refractivity contribution in [1.82, 2.24) is 0 Å². The van der Waals surface area contributed by atoms with Crippen LogP contribution in [0.5, 0.6) is 0 Å². The number of para-hydroxylation sites is 1. The molecule has 0 atom stereocenters. The quantitative estimate of drug-likeness (QED) is 0.327. The summed E-state index contributed by atoms with van der Waals surface area (Å²) in [6.45, 7) is 4.98. The molecule has 0 spiro atoms. The van der Waals surface area contributed by atoms with Crippen molar-refractivity contribution >= 4 is 35.0 Å². The van der Waals surface area contributed by atoms with Crippen molar-refractivity contribution in [3.63, 3.8) is 0 Å². The zero-order valence-electron chi connectivity index (χ0n) is 18.7. The molecular weight excluding hydrogens is 437 g/mol. The Morgan fingerprint density at radius 3 is 1.56 bits per heavy atom. The first kappa shape index (κ1) is 21.9. The minimum absolute atomic E-state index is 0.367. The molecule has 1 aliphatic heterocycles. The van der Waals surface area contributed by atoms with Crippen molar-refractivity contribution in [1.29, 1.82) is 0 Å². The number of hydrogen-bond donors (Lipinski definition) is 0. The summed E-state index contributed by atoms with van der Waals surface area (Å²) in [7, 11) is -2.29. The predicted molar refractivity (Wildman–Crippen MR) is 143 cm³/mol. The molecule has 3 nitrogen and oxygen atoms in total. The number of anilines is 1. The minimum Gasteiger partial charge on any atom is -0.412 e. The van der Waals surface area contributed by atoms with Crippen LogP contribution in [0.3, 0.4) is 0 Å². The summed E-state index contributed by atoms with van der Waals surface area (Å²) >= 11 is 0. The zero-order chi connectivity index (χ0) is 23.4. The van der Waals surface area contributed by atoms with Crippen LogP contribution in [0.2, 0.25) is 0 Å². The molecular formula is C30H25NO2P+. The van der Waals surface area contributed by atoms with E-state index in [1.54, 1.807) is 4.90 Å². The van der Waals surface area contributed by atoms with E-state index in [2.05, 4.69) is 79.4 Å². The molecule has 0 saturated carbocycles. The second-order valence-electron chi connectivity index (χ2n) is 8.07. The first-order valence-electron chi connectivity index (χ1n) is 11.2. The number of allylic oxidation sites excluding steroid dienone is 2. The SMILES string of the molecule is C=C(/C=C1/CN(c2ccccc2)C(=O)O1)[P+](c1ccccc1)(c1ccccc1)c1ccccc1. The Labute approximate surface area is 201 Å². The van der Waals surface area contributed by atoms with Gasteiger partial charge in [0.1, 0.15) is 34.2 Å². The van der Waals surface area contributed by atoms with E-state index in [1.807, 2.05) is 54.6 Å². The van der Waals surface area contributed by atoms with Gasteiger partial charge in [0.15, 0.2) is 0 Å². The van der Waals surface area contributed by atoms with Crippen molar-refractivity contribution in [2.24, 2.45) is 0 Å². The van der Waals surface area contributed by atoms with E-state index in [0.29, 0.717) is 12.3 Å². The number of hydrogen-bond acceptors (Lipinski definition) is 2. The fraction of sp³-hybridized carbons (Fsp3) is 0.0333. The zero-order valence-corrected chi connectivity index (χ0v) is 19.6. The number of rotatable bonds is 6. The molecule has 1 aliphatic rings. The standard InChI is InChI=1S/C30H25NO2P/c1-24(22-26-23-31(30(32)33-26)25-14-6-2-7-15-25)34(27-16-8-3-9-17-27,28-18-10-4-11-19-28)29-20-12-5-13-21-29/h2-22H,1,23H2/q+1/b26-22-. The number of benzene rings is 4. The van der Waals surface area contributed by atoms with E-state index in [4.69, 9.17) is 4.74 Å². The molecule has 1 amide bonds. The summed E-state index contributed by atoms with van der Waals surface area (Å²) in [5.74, 6) is 0.603. The molecule has 1 heterocycles. The number of cyclic esters (lactones) is 1. The molecule has 0 aliphatic carbocycles. The van der Waals surface area contributed by atoms with E-state index in [-0.39, 0.29) is 6.09 Å². The second-order valence-corrected chi connectivity index (χ2v) is 11.5. The molecule has 0 bridgehead atoms. The van der Waals surface area contributed by atoms with Gasteiger partial charge in [-0.1, -0.05) is 79.4 Å². The summed E-state index contributed by atoms with van der Waals surface area (Å²) in [5, 5.41) is 4.56. The molecule has 1 fully saturated rings. The third-order valence-electron chi connectivity index (χ3n) is 6.01. The normalized spacial score (nSPS) is 14.8. The topological polar surface area (TPSA) is 29.5 Å². The van der Waals surface area contributed by atoms with Gasteiger partial charge in [-0.15, -0.1) is 0 Å². The maximum Gasteiger partial charge on any atom is 0.419 e. The van der Waals surface area contributed by atoms with E-state index in [1.165, 1.54) is 15.9 Å². The van der Waals surface area contributed by atoms with Gasteiger partial charge in [0.2, 0.25) is 0 Å². The molecule has 0 aromatic heterocycles. The van der Waals surface area contributed by atoms with Gasteiger partial charge >= 0.3 is 6.09 Å². The molecule has 0 unspecified atom stereocenters. The minimum atomic E-state index is -2.29. The van der Waals surface area contributed by atoms with Crippen LogP contribution < -0.4 is 20.8 Å². The Morgan fingerprint density at radius 1 is 0.706 bits per heavy atom. The molecule has 166 valence electrons. The van der Waals surface area contributed by atoms with Crippen molar-refractivity contribution in [2.75, 3.05) is 11.4 Å². The average Bonchev–Trinajstić information content (AvgIpc) is 3.27. The maximum absolute atomic E-state index is 12.7. The first-order chi connectivity index (χ1) is 16.7. The fourth-order valence-corrected chi connectivity index (χ4v) is 8.57. The average molecular weight is 463 g/mol. The third-order valence-corrected chi connectivity index (χ3v) is 10.2. The van der Waals surface area contributed by atoms with Crippen LogP contribution in [0.15, 0.2) is 145 Å². The first-order valence-corrected chi connectivity index (χ1v) is 13.0. The smallest absolute Gasteiger partial charge is 0.412 e. The largest absolute Gasteiger partial charge is 0.419 e. The number of carbonyl (C=O) groups excluding carboxylic acids is 1. The Balaban J connectivity index is 1.64. The number of carbonyl (C=O) groups is 1. The lowest BCUT2D eigenvalue weighted by atomic mass is 10.3. The van der Waals surface area contributed by atoms with Crippen molar-refractivity contribution in [2.45, 2.75) is 0 Å². The monoisotopic (exact) mass is 462 g/mol. The molecule has 4 aromatic rings. The lowest BCUT2D eigenvalue weighted by Gasteiger charge is -2.27. The van der Waals surface area contributed by atoms with Crippen molar-refractivity contribution in [3.05, 3.63) is 145 Å². The Morgan fingerprint density at radius 2 is 1.12 bits per heavy atom. The maximum atomic E-state index is 12.7. The van der Waals surface area contributed by atoms with Gasteiger partial charge in [0, 0.05) is 11.8 Å². The van der Waals surface area contributed by atoms with E-state index >= 15 is 0 Å². The molecule has 0 N–H and O–H groups in total. The van der Waals surface area contributed by atoms with Crippen LogP contribution in [-0.4, -0.2) is 12.6 Å². The van der Waals surface area contributed by atoms with Gasteiger partial charge in [-0.3, -0.25) is 4.90 Å². The van der Waals surface area contributed by atoms with Gasteiger partial charge in [-0.05, 0) is 48.5 Å². The number of ether oxygens (including phenoxy) is 1. The van der Waals surface area contributed by atoms with Gasteiger partial charge in [-0.25, -0.2) is 4.79 Å². The Bertz CT molecular complexity index is 1220. The van der Waals surface area contributed by atoms with Crippen LogP contribution in [0.4, 0.5) is 10.5 Å². The van der Waals surface area contributed by atoms with Crippen LogP contribution in [0, 0.1) is 0 Å². The highest BCUT2D eigenvalue weighted by molar-refractivity contribution is 7.99. The van der Waals surface area contributed by atoms with Gasteiger partial charge < -0.3 is 4.74 Å². The summed E-state index contributed by atoms with van der Waals surface area (Å²) < 4.78 is 5.71. The van der Waals surface area contributed by atoms with Crippen LogP contribution in [0.25, 0.3) is 0 Å². The van der Waals surface area contributed by atoms with Crippen LogP contribution in [0.1, 0.15) is 0 Å². The third kappa shape index (κ3) is 3.96. The molecule has 0 radical (unpaired) electrons. The highest BCUT2D eigenvalue weighted by atomic mass is 31.2. The lowest BCUT2D eigenvalue weighted by Crippen LogP contribution is -2.31. The van der Waals surface area contributed by atoms with E-state index in [9.17, 15) is 4.79 Å². The highest BCUT2D eigenvalue weighted by Gasteiger charge is 2.48. The molecule has 5 rings (SSSR count). The fourth-order valence-electron chi connectivity index (χ4n) is 4.48.